The summed E-state index contributed by atoms with van der Waals surface area (Å²) in [6.07, 6.45) is 1.20. The first kappa shape index (κ1) is 22.2. The van der Waals surface area contributed by atoms with Crippen LogP contribution in [-0.2, 0) is 0 Å². The Bertz CT molecular complexity index is 1170. The number of carbonyl (C=O) groups excluding carboxylic acids is 1. The lowest BCUT2D eigenvalue weighted by Crippen LogP contribution is -2.47. The Labute approximate surface area is 193 Å². The minimum atomic E-state index is -0.588. The standard InChI is InChI=1S/C21H19ClFN7O3/c22-15-3-1-2-14(12-15)21(31)27-26-19-18(30(32)33)20(25-13-24-19)29-10-8-28(9-11-29)17-6-4-16(23)5-7-17/h1-7,12-13H,8-11H2,(H,27,31)(H,24,25,26). The van der Waals surface area contributed by atoms with Crippen molar-refractivity contribution >= 4 is 40.5 Å². The van der Waals surface area contributed by atoms with E-state index in [-0.39, 0.29) is 28.7 Å². The number of nitrogens with one attached hydrogen (secondary N) is 2. The van der Waals surface area contributed by atoms with E-state index in [4.69, 9.17) is 11.6 Å². The number of hydrogen-bond donors (Lipinski definition) is 2. The van der Waals surface area contributed by atoms with E-state index < -0.39 is 10.8 Å². The molecule has 0 radical (unpaired) electrons. The zero-order valence-electron chi connectivity index (χ0n) is 17.2. The van der Waals surface area contributed by atoms with Gasteiger partial charge >= 0.3 is 5.69 Å². The highest BCUT2D eigenvalue weighted by Crippen LogP contribution is 2.32. The van der Waals surface area contributed by atoms with Crippen LogP contribution in [0.2, 0.25) is 5.02 Å². The molecule has 10 nitrogen and oxygen atoms in total. The molecule has 1 aliphatic heterocycles. The third kappa shape index (κ3) is 5.09. The summed E-state index contributed by atoms with van der Waals surface area (Å²) in [5.74, 6) is -0.828. The number of hydrazine groups is 1. The van der Waals surface area contributed by atoms with Gasteiger partial charge in [-0.3, -0.25) is 25.8 Å². The molecule has 3 aromatic rings. The number of rotatable bonds is 6. The Morgan fingerprint density at radius 3 is 2.42 bits per heavy atom. The van der Waals surface area contributed by atoms with Crippen LogP contribution in [-0.4, -0.2) is 47.0 Å². The Morgan fingerprint density at radius 1 is 1.06 bits per heavy atom. The second-order valence-corrected chi connectivity index (χ2v) is 7.63. The highest BCUT2D eigenvalue weighted by atomic mass is 35.5. The lowest BCUT2D eigenvalue weighted by atomic mass is 10.2. The molecule has 0 bridgehead atoms. The Hall–Kier alpha value is -3.99. The Kier molecular flexibility index (Phi) is 6.50. The quantitative estimate of drug-likeness (QED) is 0.415. The van der Waals surface area contributed by atoms with E-state index in [1.54, 1.807) is 35.2 Å². The van der Waals surface area contributed by atoms with Crippen LogP contribution >= 0.6 is 11.6 Å². The molecule has 2 N–H and O–H groups in total. The van der Waals surface area contributed by atoms with Crippen LogP contribution in [0.25, 0.3) is 0 Å². The summed E-state index contributed by atoms with van der Waals surface area (Å²) >= 11 is 5.90. The van der Waals surface area contributed by atoms with Gasteiger partial charge in [0.15, 0.2) is 0 Å². The molecular formula is C21H19ClFN7O3. The number of anilines is 3. The highest BCUT2D eigenvalue weighted by Gasteiger charge is 2.29. The molecule has 170 valence electrons. The van der Waals surface area contributed by atoms with E-state index in [0.717, 1.165) is 5.69 Å². The van der Waals surface area contributed by atoms with E-state index in [2.05, 4.69) is 25.7 Å². The zero-order chi connectivity index (χ0) is 23.4. The molecule has 2 heterocycles. The van der Waals surface area contributed by atoms with Crippen LogP contribution in [0.4, 0.5) is 27.4 Å². The van der Waals surface area contributed by atoms with Gasteiger partial charge in [-0.15, -0.1) is 0 Å². The van der Waals surface area contributed by atoms with Gasteiger partial charge in [0.1, 0.15) is 12.1 Å². The molecule has 1 aromatic heterocycles. The molecule has 33 heavy (non-hydrogen) atoms. The zero-order valence-corrected chi connectivity index (χ0v) is 18.0. The topological polar surface area (TPSA) is 117 Å². The smallest absolute Gasteiger partial charge is 0.355 e. The van der Waals surface area contributed by atoms with Crippen LogP contribution in [0.3, 0.4) is 0 Å². The minimum Gasteiger partial charge on any atom is -0.368 e. The van der Waals surface area contributed by atoms with E-state index in [9.17, 15) is 19.3 Å². The number of nitrogens with zero attached hydrogens (tertiary/aromatic N) is 5. The SMILES string of the molecule is O=C(NNc1ncnc(N2CCN(c3ccc(F)cc3)CC2)c1[N+](=O)[O-])c1cccc(Cl)c1. The second kappa shape index (κ2) is 9.65. The van der Waals surface area contributed by atoms with Crippen molar-refractivity contribution in [3.63, 3.8) is 0 Å². The average molecular weight is 472 g/mol. The van der Waals surface area contributed by atoms with Crippen molar-refractivity contribution in [3.05, 3.63) is 81.4 Å². The van der Waals surface area contributed by atoms with E-state index >= 15 is 0 Å². The lowest BCUT2D eigenvalue weighted by Gasteiger charge is -2.36. The number of carbonyl (C=O) groups is 1. The number of halogens is 2. The summed E-state index contributed by atoms with van der Waals surface area (Å²) in [4.78, 5) is 35.5. The van der Waals surface area contributed by atoms with Gasteiger partial charge in [0.2, 0.25) is 11.6 Å². The van der Waals surface area contributed by atoms with Gasteiger partial charge in [0.05, 0.1) is 4.92 Å². The summed E-state index contributed by atoms with van der Waals surface area (Å²) in [5.41, 5.74) is 5.73. The Balaban J connectivity index is 1.48. The fourth-order valence-corrected chi connectivity index (χ4v) is 3.70. The van der Waals surface area contributed by atoms with Crippen molar-refractivity contribution in [2.75, 3.05) is 41.4 Å². The Morgan fingerprint density at radius 2 is 1.76 bits per heavy atom. The summed E-state index contributed by atoms with van der Waals surface area (Å²) in [7, 11) is 0. The van der Waals surface area contributed by atoms with E-state index in [1.165, 1.54) is 24.5 Å². The molecule has 1 saturated heterocycles. The van der Waals surface area contributed by atoms with Crippen LogP contribution in [0.5, 0.6) is 0 Å². The molecule has 12 heteroatoms. The van der Waals surface area contributed by atoms with Crippen molar-refractivity contribution < 1.29 is 14.1 Å². The first-order valence-electron chi connectivity index (χ1n) is 9.99. The number of amides is 1. The number of aromatic nitrogens is 2. The summed E-state index contributed by atoms with van der Waals surface area (Å²) in [6, 6.07) is 12.5. The second-order valence-electron chi connectivity index (χ2n) is 7.19. The van der Waals surface area contributed by atoms with Gasteiger partial charge in [0, 0.05) is 42.5 Å². The summed E-state index contributed by atoms with van der Waals surface area (Å²) < 4.78 is 13.2. The van der Waals surface area contributed by atoms with Crippen molar-refractivity contribution in [3.8, 4) is 0 Å². The van der Waals surface area contributed by atoms with Crippen LogP contribution in [0.1, 0.15) is 10.4 Å². The summed E-state index contributed by atoms with van der Waals surface area (Å²) in [5, 5.41) is 12.2. The minimum absolute atomic E-state index is 0.138. The first-order valence-corrected chi connectivity index (χ1v) is 10.4. The normalized spacial score (nSPS) is 13.5. The van der Waals surface area contributed by atoms with E-state index in [1.807, 2.05) is 0 Å². The summed E-state index contributed by atoms with van der Waals surface area (Å²) in [6.45, 7) is 2.06. The predicted molar refractivity (Wildman–Crippen MR) is 122 cm³/mol. The molecule has 2 aromatic carbocycles. The first-order chi connectivity index (χ1) is 15.9. The number of hydrogen-bond acceptors (Lipinski definition) is 8. The maximum absolute atomic E-state index is 13.2. The molecule has 0 unspecified atom stereocenters. The van der Waals surface area contributed by atoms with Crippen LogP contribution < -0.4 is 20.7 Å². The van der Waals surface area contributed by atoms with Gasteiger partial charge in [0.25, 0.3) is 5.91 Å². The average Bonchev–Trinajstić information content (AvgIpc) is 2.82. The number of nitro groups is 1. The van der Waals surface area contributed by atoms with Gasteiger partial charge in [-0.1, -0.05) is 17.7 Å². The largest absolute Gasteiger partial charge is 0.368 e. The third-order valence-corrected chi connectivity index (χ3v) is 5.37. The van der Waals surface area contributed by atoms with Crippen molar-refractivity contribution in [1.29, 1.82) is 0 Å². The van der Waals surface area contributed by atoms with Gasteiger partial charge in [-0.2, -0.15) is 0 Å². The third-order valence-electron chi connectivity index (χ3n) is 5.14. The molecule has 1 fully saturated rings. The number of benzene rings is 2. The van der Waals surface area contributed by atoms with Gasteiger partial charge < -0.3 is 9.80 Å². The maximum Gasteiger partial charge on any atom is 0.355 e. The lowest BCUT2D eigenvalue weighted by molar-refractivity contribution is -0.383. The monoisotopic (exact) mass is 471 g/mol. The molecule has 0 spiro atoms. The molecule has 1 aliphatic rings. The molecule has 4 rings (SSSR count). The fraction of sp³-hybridized carbons (Fsp3) is 0.190. The van der Waals surface area contributed by atoms with Crippen molar-refractivity contribution in [2.45, 2.75) is 0 Å². The maximum atomic E-state index is 13.2. The van der Waals surface area contributed by atoms with Gasteiger partial charge in [-0.25, -0.2) is 14.4 Å². The van der Waals surface area contributed by atoms with E-state index in [0.29, 0.717) is 31.2 Å². The van der Waals surface area contributed by atoms with Crippen molar-refractivity contribution in [1.82, 2.24) is 15.4 Å². The molecule has 0 aliphatic carbocycles. The molecule has 0 atom stereocenters. The molecular weight excluding hydrogens is 453 g/mol. The van der Waals surface area contributed by atoms with Crippen LogP contribution in [0, 0.1) is 15.9 Å². The highest BCUT2D eigenvalue weighted by molar-refractivity contribution is 6.30. The van der Waals surface area contributed by atoms with Gasteiger partial charge in [-0.05, 0) is 42.5 Å². The number of piperazine rings is 1. The van der Waals surface area contributed by atoms with Crippen LogP contribution in [0.15, 0.2) is 54.9 Å². The fourth-order valence-electron chi connectivity index (χ4n) is 3.51. The predicted octanol–water partition coefficient (Wildman–Crippen LogP) is 3.26. The van der Waals surface area contributed by atoms with Crippen molar-refractivity contribution in [2.24, 2.45) is 0 Å². The molecule has 0 saturated carbocycles. The molecule has 1 amide bonds.